The summed E-state index contributed by atoms with van der Waals surface area (Å²) in [5.74, 6) is -3.05. The number of H-pyrrole nitrogens is 1. The number of halogens is 3. The van der Waals surface area contributed by atoms with Crippen molar-refractivity contribution >= 4 is 46.5 Å². The van der Waals surface area contributed by atoms with Crippen LogP contribution in [0.3, 0.4) is 0 Å². The molecular weight excluding hydrogens is 643 g/mol. The molecule has 1 aromatic heterocycles. The van der Waals surface area contributed by atoms with E-state index in [-0.39, 0.29) is 46.3 Å². The molecule has 0 radical (unpaired) electrons. The molecule has 2 saturated carbocycles. The highest BCUT2D eigenvalue weighted by Crippen LogP contribution is 2.68. The lowest BCUT2D eigenvalue weighted by Gasteiger charge is -2.43. The molecule has 240 valence electrons. The number of rotatable bonds is 5. The Labute approximate surface area is 269 Å². The fraction of sp³-hybridized carbons (Fsp3) is 0.438. The maximum Gasteiger partial charge on any atom is 0.418 e. The van der Waals surface area contributed by atoms with Gasteiger partial charge in [0.1, 0.15) is 5.75 Å². The van der Waals surface area contributed by atoms with Crippen molar-refractivity contribution in [3.05, 3.63) is 74.2 Å². The van der Waals surface area contributed by atoms with E-state index in [2.05, 4.69) is 4.98 Å². The summed E-state index contributed by atoms with van der Waals surface area (Å²) in [6.45, 7) is 1.94. The van der Waals surface area contributed by atoms with E-state index in [4.69, 9.17) is 9.47 Å². The van der Waals surface area contributed by atoms with Crippen molar-refractivity contribution in [2.75, 3.05) is 37.8 Å². The van der Waals surface area contributed by atoms with Crippen molar-refractivity contribution in [2.45, 2.75) is 28.8 Å². The number of hydrogen-bond donors (Lipinski definition) is 1. The van der Waals surface area contributed by atoms with Gasteiger partial charge in [-0.2, -0.15) is 13.2 Å². The molecular formula is C32H28F3N3O6S2. The number of carbonyl (C=O) groups is 3. The molecule has 7 atom stereocenters. The minimum Gasteiger partial charge on any atom is -0.484 e. The number of alkyl halides is 3. The molecule has 2 bridgehead atoms. The zero-order chi connectivity index (χ0) is 31.9. The van der Waals surface area contributed by atoms with E-state index in [1.165, 1.54) is 30.0 Å². The summed E-state index contributed by atoms with van der Waals surface area (Å²) < 4.78 is 52.9. The average molecular weight is 672 g/mol. The highest BCUT2D eigenvalue weighted by atomic mass is 32.2. The Morgan fingerprint density at radius 2 is 1.67 bits per heavy atom. The lowest BCUT2D eigenvalue weighted by Crippen LogP contribution is -2.43. The molecule has 4 fully saturated rings. The Hall–Kier alpha value is -3.62. The van der Waals surface area contributed by atoms with Gasteiger partial charge in [-0.1, -0.05) is 35.6 Å². The number of fused-ring (bicyclic) bond motifs is 9. The van der Waals surface area contributed by atoms with Gasteiger partial charge in [-0.15, -0.1) is 11.8 Å². The van der Waals surface area contributed by atoms with Crippen molar-refractivity contribution in [3.8, 4) is 5.75 Å². The van der Waals surface area contributed by atoms with Gasteiger partial charge in [-0.25, -0.2) is 4.90 Å². The normalized spacial score (nSPS) is 29.9. The molecule has 5 aliphatic rings. The van der Waals surface area contributed by atoms with E-state index < -0.39 is 41.1 Å². The van der Waals surface area contributed by atoms with Gasteiger partial charge < -0.3 is 19.4 Å². The van der Waals surface area contributed by atoms with Crippen LogP contribution in [0, 0.1) is 29.6 Å². The SMILES string of the molecule is O=C(COc1ccc([C@H]2c3sc(=O)[nH]c3SC3C2[C@H]2C[C@@H]3C3C(=O)N(c4ccccc4C(F)(F)F)C(=O)C32)cc1)N1CCOCC1. The number of anilines is 1. The van der Waals surface area contributed by atoms with Crippen LogP contribution in [0.2, 0.25) is 0 Å². The summed E-state index contributed by atoms with van der Waals surface area (Å²) in [6, 6.07) is 12.1. The van der Waals surface area contributed by atoms with Crippen LogP contribution in [0.15, 0.2) is 58.4 Å². The van der Waals surface area contributed by atoms with E-state index in [0.717, 1.165) is 37.8 Å². The van der Waals surface area contributed by atoms with E-state index in [9.17, 15) is 32.3 Å². The predicted octanol–water partition coefficient (Wildman–Crippen LogP) is 4.37. The number of para-hydroxylation sites is 1. The monoisotopic (exact) mass is 671 g/mol. The van der Waals surface area contributed by atoms with Crippen molar-refractivity contribution in [1.82, 2.24) is 9.88 Å². The number of thiazole rings is 1. The minimum absolute atomic E-state index is 0.106. The van der Waals surface area contributed by atoms with Crippen molar-refractivity contribution in [3.63, 3.8) is 0 Å². The number of amides is 3. The number of hydrogen-bond acceptors (Lipinski definition) is 8. The Balaban J connectivity index is 1.09. The Kier molecular flexibility index (Phi) is 7.11. The van der Waals surface area contributed by atoms with Gasteiger partial charge in [0.15, 0.2) is 6.61 Å². The molecule has 8 rings (SSSR count). The molecule has 3 aliphatic heterocycles. The summed E-state index contributed by atoms with van der Waals surface area (Å²) in [5, 5.41) is 0.628. The first kappa shape index (κ1) is 29.8. The molecule has 3 amide bonds. The quantitative estimate of drug-likeness (QED) is 0.402. The number of nitrogens with zero attached hydrogens (tertiary/aromatic N) is 2. The second-order valence-corrected chi connectivity index (χ2v) is 14.5. The summed E-state index contributed by atoms with van der Waals surface area (Å²) in [5.41, 5.74) is -0.529. The van der Waals surface area contributed by atoms with Crippen LogP contribution in [0.5, 0.6) is 5.75 Å². The van der Waals surface area contributed by atoms with Gasteiger partial charge in [0.05, 0.1) is 41.3 Å². The molecule has 4 unspecified atom stereocenters. The molecule has 2 aromatic carbocycles. The molecule has 2 saturated heterocycles. The molecule has 14 heteroatoms. The standard InChI is InChI=1S/C32H28F3N3O6S2/c33-32(34,35)19-3-1-2-4-20(19)38-29(40)24-17-13-18(25(24)30(38)41)26-23(17)22(27-28(45-26)36-31(42)46-27)15-5-7-16(8-6-15)44-14-21(39)37-9-11-43-12-10-37/h1-8,17-18,22-26H,9-14H2,(H,36,42)/t17-,18-,22-,23?,24?,25?,26?/m1/s1. The number of nitrogens with one attached hydrogen (secondary N) is 1. The summed E-state index contributed by atoms with van der Waals surface area (Å²) in [4.78, 5) is 58.9. The first-order valence-electron chi connectivity index (χ1n) is 15.1. The summed E-state index contributed by atoms with van der Waals surface area (Å²) in [6.07, 6.45) is -4.11. The van der Waals surface area contributed by atoms with Gasteiger partial charge in [-0.3, -0.25) is 19.2 Å². The van der Waals surface area contributed by atoms with Crippen LogP contribution in [0.1, 0.15) is 28.3 Å². The Morgan fingerprint density at radius 1 is 0.978 bits per heavy atom. The van der Waals surface area contributed by atoms with Gasteiger partial charge in [-0.05, 0) is 54.0 Å². The number of benzene rings is 2. The van der Waals surface area contributed by atoms with Crippen molar-refractivity contribution in [1.29, 1.82) is 0 Å². The molecule has 0 spiro atoms. The fourth-order valence-electron chi connectivity index (χ4n) is 8.36. The highest BCUT2D eigenvalue weighted by Gasteiger charge is 2.70. The lowest BCUT2D eigenvalue weighted by atomic mass is 9.68. The van der Waals surface area contributed by atoms with Gasteiger partial charge in [0.25, 0.3) is 5.91 Å². The maximum atomic E-state index is 13.9. The second kappa shape index (κ2) is 11.0. The highest BCUT2D eigenvalue weighted by molar-refractivity contribution is 8.00. The number of aromatic nitrogens is 1. The van der Waals surface area contributed by atoms with Crippen molar-refractivity contribution in [2.24, 2.45) is 29.6 Å². The van der Waals surface area contributed by atoms with Crippen LogP contribution < -0.4 is 14.5 Å². The lowest BCUT2D eigenvalue weighted by molar-refractivity contribution is -0.138. The third kappa shape index (κ3) is 4.62. The van der Waals surface area contributed by atoms with Crippen LogP contribution in [0.4, 0.5) is 18.9 Å². The van der Waals surface area contributed by atoms with E-state index in [0.29, 0.717) is 38.5 Å². The van der Waals surface area contributed by atoms with E-state index in [1.807, 2.05) is 12.1 Å². The molecule has 4 heterocycles. The molecule has 2 aliphatic carbocycles. The van der Waals surface area contributed by atoms with Gasteiger partial charge in [0, 0.05) is 29.1 Å². The zero-order valence-electron chi connectivity index (χ0n) is 24.2. The second-order valence-electron chi connectivity index (χ2n) is 12.3. The maximum absolute atomic E-state index is 13.9. The topological polar surface area (TPSA) is 109 Å². The Bertz CT molecular complexity index is 1790. The van der Waals surface area contributed by atoms with Crippen LogP contribution in [-0.4, -0.2) is 65.8 Å². The predicted molar refractivity (Wildman–Crippen MR) is 162 cm³/mol. The molecule has 9 nitrogen and oxygen atoms in total. The smallest absolute Gasteiger partial charge is 0.418 e. The van der Waals surface area contributed by atoms with Crippen LogP contribution >= 0.6 is 23.1 Å². The molecule has 1 N–H and O–H groups in total. The van der Waals surface area contributed by atoms with Gasteiger partial charge >= 0.3 is 11.0 Å². The number of aromatic amines is 1. The van der Waals surface area contributed by atoms with E-state index >= 15 is 0 Å². The number of ether oxygens (including phenoxy) is 2. The van der Waals surface area contributed by atoms with Crippen molar-refractivity contribution < 1.29 is 37.0 Å². The summed E-state index contributed by atoms with van der Waals surface area (Å²) >= 11 is 2.63. The molecule has 46 heavy (non-hydrogen) atoms. The number of thioether (sulfide) groups is 1. The number of carbonyl (C=O) groups excluding carboxylic acids is 3. The van der Waals surface area contributed by atoms with Crippen LogP contribution in [-0.2, 0) is 25.3 Å². The molecule has 3 aromatic rings. The fourth-order valence-corrected chi connectivity index (χ4v) is 11.2. The Morgan fingerprint density at radius 3 is 2.39 bits per heavy atom. The zero-order valence-corrected chi connectivity index (χ0v) is 25.8. The van der Waals surface area contributed by atoms with E-state index in [1.54, 1.807) is 17.0 Å². The number of imide groups is 1. The first-order chi connectivity index (χ1) is 22.1. The summed E-state index contributed by atoms with van der Waals surface area (Å²) in [7, 11) is 0. The van der Waals surface area contributed by atoms with Gasteiger partial charge in [0.2, 0.25) is 11.8 Å². The third-order valence-corrected chi connectivity index (χ3v) is 12.7. The minimum atomic E-state index is -4.73. The largest absolute Gasteiger partial charge is 0.484 e. The van der Waals surface area contributed by atoms with Crippen LogP contribution in [0.25, 0.3) is 0 Å². The third-order valence-electron chi connectivity index (χ3n) is 10.1. The average Bonchev–Trinajstić information content (AvgIpc) is 3.79. The first-order valence-corrected chi connectivity index (χ1v) is 16.8. The number of morpholine rings is 1.